The molecule has 0 radical (unpaired) electrons. The van der Waals surface area contributed by atoms with Gasteiger partial charge in [0.15, 0.2) is 6.61 Å². The molecule has 0 aromatic heterocycles. The van der Waals surface area contributed by atoms with Gasteiger partial charge in [-0.3, -0.25) is 4.79 Å². The molecule has 1 rings (SSSR count). The number of para-hydroxylation sites is 1. The van der Waals surface area contributed by atoms with E-state index in [1.54, 1.807) is 7.11 Å². The fourth-order valence-corrected chi connectivity index (χ4v) is 2.38. The van der Waals surface area contributed by atoms with Crippen LogP contribution in [0.25, 0.3) is 0 Å². The molecule has 0 aliphatic carbocycles. The molecule has 1 unspecified atom stereocenters. The summed E-state index contributed by atoms with van der Waals surface area (Å²) >= 11 is 3.46. The molecular formula is C15H23BrN2O3. The van der Waals surface area contributed by atoms with Crippen LogP contribution in [0.4, 0.5) is 0 Å². The van der Waals surface area contributed by atoms with Crippen molar-refractivity contribution in [1.82, 2.24) is 10.6 Å². The van der Waals surface area contributed by atoms with E-state index in [1.807, 2.05) is 32.0 Å². The summed E-state index contributed by atoms with van der Waals surface area (Å²) < 4.78 is 11.5. The van der Waals surface area contributed by atoms with E-state index in [0.29, 0.717) is 18.9 Å². The second kappa shape index (κ2) is 9.76. The van der Waals surface area contributed by atoms with Crippen molar-refractivity contribution in [3.8, 4) is 5.75 Å². The van der Waals surface area contributed by atoms with Crippen LogP contribution in [0.2, 0.25) is 0 Å². The highest BCUT2D eigenvalue weighted by Gasteiger charge is 2.12. The second-order valence-electron chi connectivity index (χ2n) is 4.72. The SMILES string of the molecule is CCNCc1cccc(Br)c1OCC(=O)NC(C)COC. The van der Waals surface area contributed by atoms with Gasteiger partial charge in [-0.15, -0.1) is 0 Å². The molecule has 0 aliphatic heterocycles. The van der Waals surface area contributed by atoms with Crippen LogP contribution in [0.5, 0.6) is 5.75 Å². The first kappa shape index (κ1) is 17.9. The van der Waals surface area contributed by atoms with E-state index in [0.717, 1.165) is 16.6 Å². The predicted octanol–water partition coefficient (Wildman–Crippen LogP) is 2.09. The maximum absolute atomic E-state index is 11.8. The molecule has 0 spiro atoms. The number of hydrogen-bond acceptors (Lipinski definition) is 4. The van der Waals surface area contributed by atoms with Crippen LogP contribution in [0.3, 0.4) is 0 Å². The largest absolute Gasteiger partial charge is 0.482 e. The Morgan fingerprint density at radius 1 is 1.43 bits per heavy atom. The van der Waals surface area contributed by atoms with Gasteiger partial charge in [-0.1, -0.05) is 19.1 Å². The van der Waals surface area contributed by atoms with Gasteiger partial charge in [0.2, 0.25) is 0 Å². The molecular weight excluding hydrogens is 336 g/mol. The number of ether oxygens (including phenoxy) is 2. The quantitative estimate of drug-likeness (QED) is 0.709. The van der Waals surface area contributed by atoms with E-state index in [2.05, 4.69) is 26.6 Å². The summed E-state index contributed by atoms with van der Waals surface area (Å²) in [7, 11) is 1.60. The van der Waals surface area contributed by atoms with E-state index in [1.165, 1.54) is 0 Å². The Bertz CT molecular complexity index is 455. The van der Waals surface area contributed by atoms with Gasteiger partial charge in [-0.2, -0.15) is 0 Å². The summed E-state index contributed by atoms with van der Waals surface area (Å²) in [4.78, 5) is 11.8. The van der Waals surface area contributed by atoms with Crippen molar-refractivity contribution in [2.45, 2.75) is 26.4 Å². The Balaban J connectivity index is 2.59. The Kier molecular flexibility index (Phi) is 8.34. The highest BCUT2D eigenvalue weighted by atomic mass is 79.9. The number of halogens is 1. The summed E-state index contributed by atoms with van der Waals surface area (Å²) in [5, 5.41) is 6.06. The Labute approximate surface area is 134 Å². The number of benzene rings is 1. The first-order valence-electron chi connectivity index (χ1n) is 6.97. The molecule has 1 amide bonds. The average molecular weight is 359 g/mol. The summed E-state index contributed by atoms with van der Waals surface area (Å²) in [6, 6.07) is 5.79. The van der Waals surface area contributed by atoms with Crippen LogP contribution < -0.4 is 15.4 Å². The standard InChI is InChI=1S/C15H23BrN2O3/c1-4-17-8-12-6-5-7-13(16)15(12)21-10-14(19)18-11(2)9-20-3/h5-7,11,17H,4,8-10H2,1-3H3,(H,18,19). The molecule has 0 saturated carbocycles. The molecule has 1 aromatic carbocycles. The molecule has 21 heavy (non-hydrogen) atoms. The van der Waals surface area contributed by atoms with Crippen LogP contribution in [-0.2, 0) is 16.1 Å². The van der Waals surface area contributed by atoms with Gasteiger partial charge in [0.05, 0.1) is 11.1 Å². The molecule has 0 aliphatic rings. The topological polar surface area (TPSA) is 59.6 Å². The molecule has 0 saturated heterocycles. The van der Waals surface area contributed by atoms with Crippen LogP contribution in [0.1, 0.15) is 19.4 Å². The summed E-state index contributed by atoms with van der Waals surface area (Å²) in [6.45, 7) is 5.97. The van der Waals surface area contributed by atoms with Crippen LogP contribution >= 0.6 is 15.9 Å². The van der Waals surface area contributed by atoms with Crippen molar-refractivity contribution in [3.05, 3.63) is 28.2 Å². The zero-order valence-corrected chi connectivity index (χ0v) is 14.3. The minimum Gasteiger partial charge on any atom is -0.482 e. The van der Waals surface area contributed by atoms with E-state index in [-0.39, 0.29) is 18.6 Å². The van der Waals surface area contributed by atoms with Crippen molar-refractivity contribution < 1.29 is 14.3 Å². The average Bonchev–Trinajstić information content (AvgIpc) is 2.44. The van der Waals surface area contributed by atoms with Crippen molar-refractivity contribution >= 4 is 21.8 Å². The Morgan fingerprint density at radius 3 is 2.86 bits per heavy atom. The number of nitrogens with one attached hydrogen (secondary N) is 2. The predicted molar refractivity (Wildman–Crippen MR) is 86.5 cm³/mol. The van der Waals surface area contributed by atoms with Gasteiger partial charge in [0.25, 0.3) is 5.91 Å². The van der Waals surface area contributed by atoms with Crippen molar-refractivity contribution in [2.24, 2.45) is 0 Å². The van der Waals surface area contributed by atoms with Gasteiger partial charge < -0.3 is 20.1 Å². The first-order valence-corrected chi connectivity index (χ1v) is 7.77. The molecule has 0 fully saturated rings. The Morgan fingerprint density at radius 2 is 2.19 bits per heavy atom. The van der Waals surface area contributed by atoms with Crippen LogP contribution in [-0.4, -0.2) is 38.8 Å². The third-order valence-electron chi connectivity index (χ3n) is 2.79. The third-order valence-corrected chi connectivity index (χ3v) is 3.41. The van der Waals surface area contributed by atoms with Gasteiger partial charge in [0.1, 0.15) is 5.75 Å². The summed E-state index contributed by atoms with van der Waals surface area (Å²) in [5.74, 6) is 0.540. The van der Waals surface area contributed by atoms with Gasteiger partial charge in [-0.25, -0.2) is 0 Å². The Hall–Kier alpha value is -1.11. The van der Waals surface area contributed by atoms with Crippen molar-refractivity contribution in [2.75, 3.05) is 26.9 Å². The maximum Gasteiger partial charge on any atom is 0.258 e. The first-order chi connectivity index (χ1) is 10.1. The molecule has 118 valence electrons. The van der Waals surface area contributed by atoms with E-state index >= 15 is 0 Å². The second-order valence-corrected chi connectivity index (χ2v) is 5.58. The summed E-state index contributed by atoms with van der Waals surface area (Å²) in [5.41, 5.74) is 1.02. The van der Waals surface area contributed by atoms with Crippen LogP contribution in [0.15, 0.2) is 22.7 Å². The smallest absolute Gasteiger partial charge is 0.258 e. The highest BCUT2D eigenvalue weighted by Crippen LogP contribution is 2.29. The monoisotopic (exact) mass is 358 g/mol. The minimum atomic E-state index is -0.162. The van der Waals surface area contributed by atoms with E-state index in [4.69, 9.17) is 9.47 Å². The molecule has 1 atom stereocenters. The molecule has 2 N–H and O–H groups in total. The highest BCUT2D eigenvalue weighted by molar-refractivity contribution is 9.10. The lowest BCUT2D eigenvalue weighted by molar-refractivity contribution is -0.124. The molecule has 0 heterocycles. The number of methoxy groups -OCH3 is 1. The lowest BCUT2D eigenvalue weighted by Gasteiger charge is -2.16. The van der Waals surface area contributed by atoms with Gasteiger partial charge in [0, 0.05) is 25.3 Å². The fourth-order valence-electron chi connectivity index (χ4n) is 1.86. The minimum absolute atomic E-state index is 0.0181. The molecule has 0 bridgehead atoms. The number of hydrogen-bond donors (Lipinski definition) is 2. The maximum atomic E-state index is 11.8. The van der Waals surface area contributed by atoms with E-state index in [9.17, 15) is 4.79 Å². The number of carbonyl (C=O) groups excluding carboxylic acids is 1. The lowest BCUT2D eigenvalue weighted by atomic mass is 10.2. The van der Waals surface area contributed by atoms with Gasteiger partial charge >= 0.3 is 0 Å². The third kappa shape index (κ3) is 6.46. The summed E-state index contributed by atoms with van der Waals surface area (Å²) in [6.07, 6.45) is 0. The van der Waals surface area contributed by atoms with Crippen molar-refractivity contribution in [1.29, 1.82) is 0 Å². The lowest BCUT2D eigenvalue weighted by Crippen LogP contribution is -2.38. The molecule has 6 heteroatoms. The van der Waals surface area contributed by atoms with Crippen molar-refractivity contribution in [3.63, 3.8) is 0 Å². The van der Waals surface area contributed by atoms with Gasteiger partial charge in [-0.05, 0) is 35.5 Å². The van der Waals surface area contributed by atoms with Crippen LogP contribution in [0, 0.1) is 0 Å². The molecule has 5 nitrogen and oxygen atoms in total. The zero-order chi connectivity index (χ0) is 15.7. The van der Waals surface area contributed by atoms with E-state index < -0.39 is 0 Å². The zero-order valence-electron chi connectivity index (χ0n) is 12.7. The molecule has 1 aromatic rings. The number of amides is 1. The normalized spacial score (nSPS) is 12.0. The number of rotatable bonds is 9. The number of carbonyl (C=O) groups is 1. The fraction of sp³-hybridized carbons (Fsp3) is 0.533.